The highest BCUT2D eigenvalue weighted by Crippen LogP contribution is 2.48. The Balaban J connectivity index is 1.26. The fourth-order valence-corrected chi connectivity index (χ4v) is 6.66. The van der Waals surface area contributed by atoms with Crippen molar-refractivity contribution in [2.24, 2.45) is 5.92 Å². The Hall–Kier alpha value is -4.43. The topological polar surface area (TPSA) is 110 Å². The van der Waals surface area contributed by atoms with Crippen LogP contribution in [0.2, 0.25) is 0 Å². The van der Waals surface area contributed by atoms with Crippen LogP contribution < -0.4 is 10.3 Å². The zero-order chi connectivity index (χ0) is 29.3. The Kier molecular flexibility index (Phi) is 7.56. The van der Waals surface area contributed by atoms with Gasteiger partial charge in [0.2, 0.25) is 0 Å². The molecule has 7 nitrogen and oxygen atoms in total. The lowest BCUT2D eigenvalue weighted by molar-refractivity contribution is 0.403. The summed E-state index contributed by atoms with van der Waals surface area (Å²) in [5, 5.41) is 11.9. The third kappa shape index (κ3) is 5.81. The molecule has 1 unspecified atom stereocenters. The predicted molar refractivity (Wildman–Crippen MR) is 163 cm³/mol. The summed E-state index contributed by atoms with van der Waals surface area (Å²) in [5.74, 6) is 0.0776. The quantitative estimate of drug-likeness (QED) is 0.193. The Labute approximate surface area is 244 Å². The molecular formula is C34H32N2O5S. The van der Waals surface area contributed by atoms with Crippen LogP contribution in [0.3, 0.4) is 0 Å². The minimum absolute atomic E-state index is 0.0826. The van der Waals surface area contributed by atoms with E-state index in [2.05, 4.69) is 28.8 Å². The maximum absolute atomic E-state index is 13.3. The molecule has 42 heavy (non-hydrogen) atoms. The van der Waals surface area contributed by atoms with Crippen molar-refractivity contribution in [2.45, 2.75) is 50.0 Å². The smallest absolute Gasteiger partial charge is 0.343 e. The van der Waals surface area contributed by atoms with Gasteiger partial charge in [-0.05, 0) is 78.6 Å². The SMILES string of the molecule is CCc1ccccc1CCc1cc(O)c(C(c2cccc(NS(=O)(=O)c3ccc4ccccc4n3)c2)C2CC2)c(=O)o1. The van der Waals surface area contributed by atoms with Crippen molar-refractivity contribution in [3.63, 3.8) is 0 Å². The minimum Gasteiger partial charge on any atom is -0.507 e. The van der Waals surface area contributed by atoms with Gasteiger partial charge in [0.25, 0.3) is 10.0 Å². The van der Waals surface area contributed by atoms with Crippen LogP contribution >= 0.6 is 0 Å². The first kappa shape index (κ1) is 27.7. The third-order valence-corrected chi connectivity index (χ3v) is 9.19. The number of anilines is 1. The number of nitrogens with one attached hydrogen (secondary N) is 1. The van der Waals surface area contributed by atoms with Crippen LogP contribution in [0.15, 0.2) is 105 Å². The number of hydrogen-bond acceptors (Lipinski definition) is 6. The van der Waals surface area contributed by atoms with Crippen molar-refractivity contribution in [2.75, 3.05) is 4.72 Å². The second kappa shape index (κ2) is 11.4. The summed E-state index contributed by atoms with van der Waals surface area (Å²) in [4.78, 5) is 17.6. The van der Waals surface area contributed by atoms with Crippen molar-refractivity contribution in [1.82, 2.24) is 4.98 Å². The highest BCUT2D eigenvalue weighted by atomic mass is 32.2. The number of benzene rings is 3. The van der Waals surface area contributed by atoms with Gasteiger partial charge in [-0.1, -0.05) is 61.5 Å². The summed E-state index contributed by atoms with van der Waals surface area (Å²) in [5.41, 5.74) is 3.77. The van der Waals surface area contributed by atoms with E-state index >= 15 is 0 Å². The molecule has 1 aliphatic carbocycles. The Bertz CT molecular complexity index is 1930. The van der Waals surface area contributed by atoms with Gasteiger partial charge in [0.05, 0.1) is 11.1 Å². The Morgan fingerprint density at radius 1 is 0.929 bits per heavy atom. The van der Waals surface area contributed by atoms with Gasteiger partial charge in [0.1, 0.15) is 11.5 Å². The minimum atomic E-state index is -3.96. The summed E-state index contributed by atoms with van der Waals surface area (Å²) in [6.07, 6.45) is 3.91. The Morgan fingerprint density at radius 3 is 2.45 bits per heavy atom. The molecule has 3 aromatic carbocycles. The van der Waals surface area contributed by atoms with E-state index in [0.29, 0.717) is 29.8 Å². The maximum Gasteiger partial charge on any atom is 0.343 e. The molecule has 0 radical (unpaired) electrons. The standard InChI is InChI=1S/C34H32N2O5S/c1-2-22-8-3-4-9-23(22)16-18-28-21-30(37)33(34(38)41-28)32(25-14-15-25)26-11-7-12-27(20-26)36-42(39,40)31-19-17-24-10-5-6-13-29(24)35-31/h3-13,17,19-21,25,32,36-37H,2,14-16,18H2,1H3. The average molecular weight is 581 g/mol. The number of para-hydroxylation sites is 1. The molecule has 5 aromatic rings. The lowest BCUT2D eigenvalue weighted by Crippen LogP contribution is -2.18. The van der Waals surface area contributed by atoms with Gasteiger partial charge in [0, 0.05) is 29.5 Å². The number of aromatic nitrogens is 1. The molecule has 2 N–H and O–H groups in total. The van der Waals surface area contributed by atoms with Gasteiger partial charge in [-0.25, -0.2) is 9.78 Å². The molecule has 1 atom stereocenters. The van der Waals surface area contributed by atoms with Crippen molar-refractivity contribution in [3.8, 4) is 5.75 Å². The average Bonchev–Trinajstić information content (AvgIpc) is 3.83. The first-order valence-corrected chi connectivity index (χ1v) is 15.7. The molecular weight excluding hydrogens is 548 g/mol. The third-order valence-electron chi connectivity index (χ3n) is 7.91. The summed E-state index contributed by atoms with van der Waals surface area (Å²) in [6, 6.07) is 27.2. The molecule has 2 heterocycles. The molecule has 0 amide bonds. The maximum atomic E-state index is 13.3. The van der Waals surface area contributed by atoms with Crippen LogP contribution in [0.4, 0.5) is 5.69 Å². The van der Waals surface area contributed by atoms with Crippen LogP contribution in [0, 0.1) is 5.92 Å². The summed E-state index contributed by atoms with van der Waals surface area (Å²) < 4.78 is 34.8. The lowest BCUT2D eigenvalue weighted by atomic mass is 9.87. The Morgan fingerprint density at radius 2 is 1.69 bits per heavy atom. The second-order valence-electron chi connectivity index (χ2n) is 10.8. The van der Waals surface area contributed by atoms with Gasteiger partial charge in [-0.3, -0.25) is 4.72 Å². The van der Waals surface area contributed by atoms with Crippen molar-refractivity contribution < 1.29 is 17.9 Å². The van der Waals surface area contributed by atoms with E-state index in [1.54, 1.807) is 36.4 Å². The number of aryl methyl sites for hydroxylation is 3. The number of sulfonamides is 1. The summed E-state index contributed by atoms with van der Waals surface area (Å²) >= 11 is 0. The number of nitrogens with zero attached hydrogens (tertiary/aromatic N) is 1. The molecule has 0 bridgehead atoms. The van der Waals surface area contributed by atoms with Crippen molar-refractivity contribution in [1.29, 1.82) is 0 Å². The fraction of sp³-hybridized carbons (Fsp3) is 0.235. The van der Waals surface area contributed by atoms with Crippen LogP contribution in [0.5, 0.6) is 5.75 Å². The zero-order valence-corrected chi connectivity index (χ0v) is 24.1. The molecule has 1 fully saturated rings. The largest absolute Gasteiger partial charge is 0.507 e. The zero-order valence-electron chi connectivity index (χ0n) is 23.3. The van der Waals surface area contributed by atoms with E-state index in [0.717, 1.165) is 30.2 Å². The van der Waals surface area contributed by atoms with Gasteiger partial charge < -0.3 is 9.52 Å². The van der Waals surface area contributed by atoms with Gasteiger partial charge >= 0.3 is 5.63 Å². The normalized spacial score (nSPS) is 14.1. The molecule has 8 heteroatoms. The van der Waals surface area contributed by atoms with E-state index < -0.39 is 21.6 Å². The van der Waals surface area contributed by atoms with Gasteiger partial charge in [-0.2, -0.15) is 8.42 Å². The van der Waals surface area contributed by atoms with E-state index in [1.807, 2.05) is 36.4 Å². The molecule has 0 aliphatic heterocycles. The predicted octanol–water partition coefficient (Wildman–Crippen LogP) is 6.58. The molecule has 6 rings (SSSR count). The van der Waals surface area contributed by atoms with E-state index in [1.165, 1.54) is 17.2 Å². The summed E-state index contributed by atoms with van der Waals surface area (Å²) in [7, 11) is -3.96. The highest BCUT2D eigenvalue weighted by molar-refractivity contribution is 7.92. The fourth-order valence-electron chi connectivity index (χ4n) is 5.66. The molecule has 2 aromatic heterocycles. The van der Waals surface area contributed by atoms with Crippen molar-refractivity contribution >= 4 is 26.6 Å². The number of hydrogen-bond donors (Lipinski definition) is 2. The van der Waals surface area contributed by atoms with Gasteiger partial charge in [-0.15, -0.1) is 0 Å². The highest BCUT2D eigenvalue weighted by Gasteiger charge is 2.37. The molecule has 0 saturated heterocycles. The molecule has 214 valence electrons. The van der Waals surface area contributed by atoms with Crippen LogP contribution in [-0.2, 0) is 29.3 Å². The molecule has 0 spiro atoms. The van der Waals surface area contributed by atoms with Crippen LogP contribution in [-0.4, -0.2) is 18.5 Å². The monoisotopic (exact) mass is 580 g/mol. The number of pyridine rings is 1. The van der Waals surface area contributed by atoms with Crippen LogP contribution in [0.25, 0.3) is 10.9 Å². The number of rotatable bonds is 10. The van der Waals surface area contributed by atoms with Crippen molar-refractivity contribution in [3.05, 3.63) is 129 Å². The lowest BCUT2D eigenvalue weighted by Gasteiger charge is -2.19. The van der Waals surface area contributed by atoms with E-state index in [-0.39, 0.29) is 22.3 Å². The summed E-state index contributed by atoms with van der Waals surface area (Å²) in [6.45, 7) is 2.11. The van der Waals surface area contributed by atoms with E-state index in [4.69, 9.17) is 4.42 Å². The van der Waals surface area contributed by atoms with Crippen LogP contribution in [0.1, 0.15) is 53.7 Å². The van der Waals surface area contributed by atoms with E-state index in [9.17, 15) is 18.3 Å². The molecule has 1 aliphatic rings. The number of aromatic hydroxyl groups is 1. The second-order valence-corrected chi connectivity index (χ2v) is 12.4. The first-order valence-electron chi connectivity index (χ1n) is 14.2. The molecule has 1 saturated carbocycles. The first-order chi connectivity index (χ1) is 20.3. The van der Waals surface area contributed by atoms with Gasteiger partial charge in [0.15, 0.2) is 5.03 Å². The number of fused-ring (bicyclic) bond motifs is 1.